The quantitative estimate of drug-likeness (QED) is 0.800. The standard InChI is InChI=1S/C12H15FO3/c1-4-16-10-6-5-8(7-9(10)13)11(14)12(2,3)15/h5-7,15H,4H2,1-3H3. The highest BCUT2D eigenvalue weighted by Gasteiger charge is 2.25. The topological polar surface area (TPSA) is 46.5 Å². The largest absolute Gasteiger partial charge is 0.491 e. The highest BCUT2D eigenvalue weighted by molar-refractivity contribution is 6.01. The van der Waals surface area contributed by atoms with Crippen molar-refractivity contribution in [3.8, 4) is 5.75 Å². The van der Waals surface area contributed by atoms with Gasteiger partial charge in [-0.1, -0.05) is 0 Å². The van der Waals surface area contributed by atoms with Crippen molar-refractivity contribution in [1.29, 1.82) is 0 Å². The van der Waals surface area contributed by atoms with E-state index in [2.05, 4.69) is 0 Å². The van der Waals surface area contributed by atoms with E-state index in [1.54, 1.807) is 6.92 Å². The minimum absolute atomic E-state index is 0.106. The van der Waals surface area contributed by atoms with Gasteiger partial charge in [0.15, 0.2) is 17.3 Å². The first-order chi connectivity index (χ1) is 7.36. The zero-order chi connectivity index (χ0) is 12.3. The Labute approximate surface area is 93.9 Å². The Hall–Kier alpha value is -1.42. The highest BCUT2D eigenvalue weighted by Crippen LogP contribution is 2.21. The highest BCUT2D eigenvalue weighted by atomic mass is 19.1. The maximum atomic E-state index is 13.4. The SMILES string of the molecule is CCOc1ccc(C(=O)C(C)(C)O)cc1F. The second-order valence-corrected chi connectivity index (χ2v) is 3.97. The maximum Gasteiger partial charge on any atom is 0.193 e. The van der Waals surface area contributed by atoms with Crippen LogP contribution < -0.4 is 4.74 Å². The first-order valence-electron chi connectivity index (χ1n) is 5.05. The summed E-state index contributed by atoms with van der Waals surface area (Å²) in [7, 11) is 0. The predicted octanol–water partition coefficient (Wildman–Crippen LogP) is 2.18. The summed E-state index contributed by atoms with van der Waals surface area (Å²) in [6, 6.07) is 3.90. The number of rotatable bonds is 4. The molecule has 0 aliphatic heterocycles. The van der Waals surface area contributed by atoms with Crippen LogP contribution in [-0.4, -0.2) is 23.1 Å². The van der Waals surface area contributed by atoms with Crippen LogP contribution in [0.1, 0.15) is 31.1 Å². The van der Waals surface area contributed by atoms with Crippen LogP contribution in [0.4, 0.5) is 4.39 Å². The summed E-state index contributed by atoms with van der Waals surface area (Å²) >= 11 is 0. The van der Waals surface area contributed by atoms with Crippen LogP contribution in [0.25, 0.3) is 0 Å². The molecule has 1 aromatic carbocycles. The molecule has 0 aliphatic rings. The van der Waals surface area contributed by atoms with Crippen LogP contribution in [0.15, 0.2) is 18.2 Å². The van der Waals surface area contributed by atoms with Gasteiger partial charge in [0.1, 0.15) is 5.60 Å². The van der Waals surface area contributed by atoms with E-state index in [0.717, 1.165) is 6.07 Å². The van der Waals surface area contributed by atoms with E-state index in [1.165, 1.54) is 26.0 Å². The van der Waals surface area contributed by atoms with Gasteiger partial charge in [0.2, 0.25) is 0 Å². The monoisotopic (exact) mass is 226 g/mol. The fraction of sp³-hybridized carbons (Fsp3) is 0.417. The van der Waals surface area contributed by atoms with Gasteiger partial charge in [0.25, 0.3) is 0 Å². The molecule has 0 bridgehead atoms. The summed E-state index contributed by atoms with van der Waals surface area (Å²) in [5.74, 6) is -1.01. The van der Waals surface area contributed by atoms with E-state index in [0.29, 0.717) is 6.61 Å². The van der Waals surface area contributed by atoms with Crippen molar-refractivity contribution >= 4 is 5.78 Å². The Morgan fingerprint density at radius 3 is 2.56 bits per heavy atom. The number of benzene rings is 1. The third kappa shape index (κ3) is 2.79. The summed E-state index contributed by atoms with van der Waals surface area (Å²) in [4.78, 5) is 11.6. The minimum Gasteiger partial charge on any atom is -0.491 e. The molecule has 88 valence electrons. The Kier molecular flexibility index (Phi) is 3.65. The zero-order valence-electron chi connectivity index (χ0n) is 9.58. The van der Waals surface area contributed by atoms with Gasteiger partial charge in [-0.05, 0) is 39.0 Å². The lowest BCUT2D eigenvalue weighted by atomic mass is 9.97. The van der Waals surface area contributed by atoms with Gasteiger partial charge in [-0.2, -0.15) is 0 Å². The summed E-state index contributed by atoms with van der Waals surface area (Å²) < 4.78 is 18.4. The average molecular weight is 226 g/mol. The molecule has 0 amide bonds. The number of halogens is 1. The lowest BCUT2D eigenvalue weighted by Gasteiger charge is -2.15. The molecule has 0 heterocycles. The number of hydrogen-bond donors (Lipinski definition) is 1. The Bertz CT molecular complexity index is 394. The molecular formula is C12H15FO3. The fourth-order valence-electron chi connectivity index (χ4n) is 1.27. The molecule has 0 aromatic heterocycles. The molecule has 1 rings (SSSR count). The minimum atomic E-state index is -1.50. The molecule has 1 aromatic rings. The van der Waals surface area contributed by atoms with E-state index in [-0.39, 0.29) is 11.3 Å². The molecule has 0 aliphatic carbocycles. The number of carbonyl (C=O) groups is 1. The van der Waals surface area contributed by atoms with Crippen molar-refractivity contribution in [1.82, 2.24) is 0 Å². The molecule has 3 nitrogen and oxygen atoms in total. The van der Waals surface area contributed by atoms with Crippen molar-refractivity contribution < 1.29 is 19.0 Å². The predicted molar refractivity (Wildman–Crippen MR) is 58.2 cm³/mol. The molecule has 16 heavy (non-hydrogen) atoms. The number of carbonyl (C=O) groups excluding carboxylic acids is 1. The van der Waals surface area contributed by atoms with Gasteiger partial charge in [-0.3, -0.25) is 4.79 Å². The second kappa shape index (κ2) is 4.61. The summed E-state index contributed by atoms with van der Waals surface area (Å²) in [5.41, 5.74) is -1.37. The Balaban J connectivity index is 3.02. The molecule has 0 spiro atoms. The number of ether oxygens (including phenoxy) is 1. The molecule has 0 fully saturated rings. The van der Waals surface area contributed by atoms with Gasteiger partial charge in [0, 0.05) is 5.56 Å². The van der Waals surface area contributed by atoms with Crippen molar-refractivity contribution in [3.63, 3.8) is 0 Å². The van der Waals surface area contributed by atoms with Gasteiger partial charge in [-0.15, -0.1) is 0 Å². The lowest BCUT2D eigenvalue weighted by molar-refractivity contribution is 0.0487. The number of hydrogen-bond acceptors (Lipinski definition) is 3. The van der Waals surface area contributed by atoms with Gasteiger partial charge in [-0.25, -0.2) is 4.39 Å². The van der Waals surface area contributed by atoms with E-state index < -0.39 is 17.2 Å². The van der Waals surface area contributed by atoms with Crippen LogP contribution >= 0.6 is 0 Å². The molecule has 0 unspecified atom stereocenters. The van der Waals surface area contributed by atoms with E-state index in [4.69, 9.17) is 4.74 Å². The summed E-state index contributed by atoms with van der Waals surface area (Å²) in [5, 5.41) is 9.50. The lowest BCUT2D eigenvalue weighted by Crippen LogP contribution is -2.31. The molecule has 1 N–H and O–H groups in total. The van der Waals surface area contributed by atoms with Gasteiger partial charge < -0.3 is 9.84 Å². The molecule has 0 atom stereocenters. The van der Waals surface area contributed by atoms with Crippen LogP contribution in [-0.2, 0) is 0 Å². The van der Waals surface area contributed by atoms with E-state index >= 15 is 0 Å². The molecule has 4 heteroatoms. The Morgan fingerprint density at radius 1 is 1.50 bits per heavy atom. The zero-order valence-corrected chi connectivity index (χ0v) is 9.58. The Morgan fingerprint density at radius 2 is 2.12 bits per heavy atom. The van der Waals surface area contributed by atoms with Crippen LogP contribution in [0.3, 0.4) is 0 Å². The third-order valence-corrected chi connectivity index (χ3v) is 2.05. The van der Waals surface area contributed by atoms with Crippen LogP contribution in [0, 0.1) is 5.82 Å². The maximum absolute atomic E-state index is 13.4. The van der Waals surface area contributed by atoms with Crippen LogP contribution in [0.2, 0.25) is 0 Å². The average Bonchev–Trinajstić information content (AvgIpc) is 2.19. The smallest absolute Gasteiger partial charge is 0.193 e. The van der Waals surface area contributed by atoms with Crippen molar-refractivity contribution in [2.24, 2.45) is 0 Å². The number of Topliss-reactive ketones (excluding diaryl/α,β-unsaturated/α-hetero) is 1. The van der Waals surface area contributed by atoms with Crippen LogP contribution in [0.5, 0.6) is 5.75 Å². The van der Waals surface area contributed by atoms with Crippen molar-refractivity contribution in [3.05, 3.63) is 29.6 Å². The summed E-state index contributed by atoms with van der Waals surface area (Å²) in [6.45, 7) is 4.83. The molecule has 0 saturated carbocycles. The second-order valence-electron chi connectivity index (χ2n) is 3.97. The van der Waals surface area contributed by atoms with E-state index in [1.807, 2.05) is 0 Å². The van der Waals surface area contributed by atoms with Gasteiger partial charge >= 0.3 is 0 Å². The first kappa shape index (κ1) is 12.6. The third-order valence-electron chi connectivity index (χ3n) is 2.05. The number of ketones is 1. The van der Waals surface area contributed by atoms with Crippen molar-refractivity contribution in [2.45, 2.75) is 26.4 Å². The molecular weight excluding hydrogens is 211 g/mol. The first-order valence-corrected chi connectivity index (χ1v) is 5.05. The van der Waals surface area contributed by atoms with E-state index in [9.17, 15) is 14.3 Å². The fourth-order valence-corrected chi connectivity index (χ4v) is 1.27. The summed E-state index contributed by atoms with van der Waals surface area (Å²) in [6.07, 6.45) is 0. The molecule has 0 saturated heterocycles. The normalized spacial score (nSPS) is 11.3. The van der Waals surface area contributed by atoms with Gasteiger partial charge in [0.05, 0.1) is 6.61 Å². The molecule has 0 radical (unpaired) electrons. The number of aliphatic hydroxyl groups is 1. The van der Waals surface area contributed by atoms with Crippen molar-refractivity contribution in [2.75, 3.05) is 6.61 Å².